The zero-order chi connectivity index (χ0) is 30.4. The Bertz CT molecular complexity index is 1320. The van der Waals surface area contributed by atoms with E-state index in [0.29, 0.717) is 41.2 Å². The summed E-state index contributed by atoms with van der Waals surface area (Å²) in [4.78, 5) is 18.3. The molecule has 1 fully saturated rings. The van der Waals surface area contributed by atoms with Crippen LogP contribution in [0, 0.1) is 24.0 Å². The Hall–Kier alpha value is -3.52. The highest BCUT2D eigenvalue weighted by Gasteiger charge is 2.30. The molecule has 4 rings (SSSR count). The highest BCUT2D eigenvalue weighted by molar-refractivity contribution is 5.85. The number of aromatic nitrogens is 1. The Labute approximate surface area is 242 Å². The summed E-state index contributed by atoms with van der Waals surface area (Å²) >= 11 is 0. The van der Waals surface area contributed by atoms with Crippen LogP contribution in [-0.2, 0) is 17.6 Å². The van der Waals surface area contributed by atoms with Crippen LogP contribution in [0.4, 0.5) is 14.5 Å². The number of anilines is 1. The Morgan fingerprint density at radius 1 is 1.05 bits per heavy atom. The largest absolute Gasteiger partial charge is 0.493 e. The average molecular weight is 569 g/mol. The second-order valence-electron chi connectivity index (χ2n) is 12.3. The van der Waals surface area contributed by atoms with E-state index < -0.39 is 17.4 Å². The maximum absolute atomic E-state index is 15.4. The molecule has 0 saturated carbocycles. The molecule has 0 bridgehead atoms. The molecule has 2 heterocycles. The third kappa shape index (κ3) is 9.81. The Balaban J connectivity index is 0.000000850. The van der Waals surface area contributed by atoms with Gasteiger partial charge in [-0.1, -0.05) is 26.0 Å². The van der Waals surface area contributed by atoms with E-state index in [1.54, 1.807) is 58.2 Å². The zero-order valence-electron chi connectivity index (χ0n) is 24.9. The molecule has 1 aromatic heterocycles. The van der Waals surface area contributed by atoms with Gasteiger partial charge in [0.2, 0.25) is 0 Å². The number of benzene rings is 2. The molecule has 1 aliphatic heterocycles. The third-order valence-corrected chi connectivity index (χ3v) is 6.93. The van der Waals surface area contributed by atoms with E-state index in [0.717, 1.165) is 37.2 Å². The van der Waals surface area contributed by atoms with E-state index in [4.69, 9.17) is 9.84 Å². The van der Waals surface area contributed by atoms with Gasteiger partial charge in [0.15, 0.2) is 0 Å². The summed E-state index contributed by atoms with van der Waals surface area (Å²) in [6.45, 7) is 13.4. The van der Waals surface area contributed by atoms with Gasteiger partial charge in [0.25, 0.3) is 0 Å². The van der Waals surface area contributed by atoms with E-state index in [2.05, 4.69) is 23.7 Å². The summed E-state index contributed by atoms with van der Waals surface area (Å²) in [6, 6.07) is 10.9. The van der Waals surface area contributed by atoms with Crippen molar-refractivity contribution >= 4 is 11.7 Å². The summed E-state index contributed by atoms with van der Waals surface area (Å²) in [6.07, 6.45) is 3.96. The highest BCUT2D eigenvalue weighted by Crippen LogP contribution is 2.41. The Morgan fingerprint density at radius 2 is 1.66 bits per heavy atom. The van der Waals surface area contributed by atoms with Gasteiger partial charge < -0.3 is 19.8 Å². The normalized spacial score (nSPS) is 14.7. The minimum absolute atomic E-state index is 0.173. The SMILES string of the molecule is CC(C)(C)O.Cc1ncc(-c2ccc(OCCc3ccc(F)cc3)cc2F)c(N2CCC(C)(C)CC2)c1CC(=O)O. The van der Waals surface area contributed by atoms with Crippen LogP contribution in [0.25, 0.3) is 11.1 Å². The number of hydrogen-bond acceptors (Lipinski definition) is 5. The molecule has 2 N–H and O–H groups in total. The van der Waals surface area contributed by atoms with Crippen molar-refractivity contribution in [3.8, 4) is 16.9 Å². The first-order valence-electron chi connectivity index (χ1n) is 14.0. The molecule has 0 atom stereocenters. The predicted molar refractivity (Wildman–Crippen MR) is 159 cm³/mol. The third-order valence-electron chi connectivity index (χ3n) is 6.93. The molecular formula is C33H42F2N2O4. The van der Waals surface area contributed by atoms with Crippen LogP contribution in [-0.4, -0.2) is 46.5 Å². The second kappa shape index (κ2) is 13.4. The number of pyridine rings is 1. The fourth-order valence-electron chi connectivity index (χ4n) is 4.63. The van der Waals surface area contributed by atoms with Gasteiger partial charge in [-0.25, -0.2) is 8.78 Å². The van der Waals surface area contributed by atoms with Crippen molar-refractivity contribution in [3.05, 3.63) is 77.1 Å². The number of aliphatic hydroxyl groups is 1. The molecule has 41 heavy (non-hydrogen) atoms. The van der Waals surface area contributed by atoms with Crippen molar-refractivity contribution in [3.63, 3.8) is 0 Å². The lowest BCUT2D eigenvalue weighted by molar-refractivity contribution is -0.136. The molecule has 222 valence electrons. The topological polar surface area (TPSA) is 82.9 Å². The van der Waals surface area contributed by atoms with Gasteiger partial charge in [-0.15, -0.1) is 0 Å². The number of piperidine rings is 1. The van der Waals surface area contributed by atoms with E-state index in [9.17, 15) is 14.3 Å². The number of ether oxygens (including phenoxy) is 1. The minimum Gasteiger partial charge on any atom is -0.493 e. The molecule has 8 heteroatoms. The van der Waals surface area contributed by atoms with Crippen molar-refractivity contribution < 1.29 is 28.5 Å². The molecule has 0 radical (unpaired) electrons. The van der Waals surface area contributed by atoms with Gasteiger partial charge in [0.05, 0.1) is 24.3 Å². The van der Waals surface area contributed by atoms with Crippen LogP contribution < -0.4 is 9.64 Å². The van der Waals surface area contributed by atoms with Crippen molar-refractivity contribution in [2.75, 3.05) is 24.6 Å². The summed E-state index contributed by atoms with van der Waals surface area (Å²) < 4.78 is 34.2. The standard InChI is InChI=1S/C29H32F2N2O3.C4H10O/c1-19-24(17-27(34)35)28(33-13-11-29(2,3)12-14-33)25(18-32-19)23-9-8-22(16-26(23)31)36-15-10-20-4-6-21(30)7-5-20;1-4(2,3)5/h4-9,16,18H,10-15,17H2,1-3H3,(H,34,35);5H,1-3H3. The van der Waals surface area contributed by atoms with E-state index in [1.807, 2.05) is 0 Å². The molecule has 0 amide bonds. The minimum atomic E-state index is -0.944. The maximum Gasteiger partial charge on any atom is 0.307 e. The highest BCUT2D eigenvalue weighted by atomic mass is 19.1. The lowest BCUT2D eigenvalue weighted by Gasteiger charge is -2.40. The van der Waals surface area contributed by atoms with Crippen LogP contribution >= 0.6 is 0 Å². The molecule has 3 aromatic rings. The first kappa shape index (κ1) is 32.0. The second-order valence-corrected chi connectivity index (χ2v) is 12.3. The number of aryl methyl sites for hydroxylation is 1. The number of carbonyl (C=O) groups is 1. The number of rotatable bonds is 8. The van der Waals surface area contributed by atoms with Crippen LogP contribution in [0.15, 0.2) is 48.7 Å². The van der Waals surface area contributed by atoms with Crippen LogP contribution in [0.3, 0.4) is 0 Å². The zero-order valence-corrected chi connectivity index (χ0v) is 24.9. The molecule has 0 aliphatic carbocycles. The van der Waals surface area contributed by atoms with E-state index >= 15 is 4.39 Å². The lowest BCUT2D eigenvalue weighted by Crippen LogP contribution is -2.38. The monoisotopic (exact) mass is 568 g/mol. The van der Waals surface area contributed by atoms with Gasteiger partial charge in [-0.2, -0.15) is 0 Å². The first-order valence-corrected chi connectivity index (χ1v) is 14.0. The smallest absolute Gasteiger partial charge is 0.307 e. The predicted octanol–water partition coefficient (Wildman–Crippen LogP) is 6.99. The van der Waals surface area contributed by atoms with Gasteiger partial charge in [-0.05, 0) is 75.8 Å². The number of halogens is 2. The number of nitrogens with zero attached hydrogens (tertiary/aromatic N) is 2. The molecule has 2 aromatic carbocycles. The molecule has 6 nitrogen and oxygen atoms in total. The van der Waals surface area contributed by atoms with Crippen LogP contribution in [0.2, 0.25) is 0 Å². The molecule has 0 unspecified atom stereocenters. The van der Waals surface area contributed by atoms with Crippen molar-refractivity contribution in [1.82, 2.24) is 4.98 Å². The number of aliphatic carboxylic acids is 1. The Morgan fingerprint density at radius 3 is 2.22 bits per heavy atom. The number of carboxylic acids is 1. The van der Waals surface area contributed by atoms with Crippen molar-refractivity contribution in [2.24, 2.45) is 5.41 Å². The van der Waals surface area contributed by atoms with Gasteiger partial charge in [0.1, 0.15) is 17.4 Å². The fourth-order valence-corrected chi connectivity index (χ4v) is 4.63. The number of carboxylic acid groups (broad SMARTS) is 1. The lowest BCUT2D eigenvalue weighted by atomic mass is 9.82. The van der Waals surface area contributed by atoms with Crippen LogP contribution in [0.5, 0.6) is 5.75 Å². The fraction of sp³-hybridized carbons (Fsp3) is 0.455. The van der Waals surface area contributed by atoms with Gasteiger partial charge in [-0.3, -0.25) is 9.78 Å². The van der Waals surface area contributed by atoms with Crippen molar-refractivity contribution in [1.29, 1.82) is 0 Å². The molecule has 0 spiro atoms. The molecule has 1 aliphatic rings. The Kier molecular flexibility index (Phi) is 10.5. The summed E-state index contributed by atoms with van der Waals surface area (Å²) in [5, 5.41) is 18.1. The van der Waals surface area contributed by atoms with E-state index in [1.165, 1.54) is 18.2 Å². The van der Waals surface area contributed by atoms with E-state index in [-0.39, 0.29) is 17.7 Å². The molecular weight excluding hydrogens is 526 g/mol. The van der Waals surface area contributed by atoms with Gasteiger partial charge >= 0.3 is 5.97 Å². The average Bonchev–Trinajstić information content (AvgIpc) is 2.86. The summed E-state index contributed by atoms with van der Waals surface area (Å²) in [7, 11) is 0. The number of hydrogen-bond donors (Lipinski definition) is 2. The first-order chi connectivity index (χ1) is 19.1. The van der Waals surface area contributed by atoms with Crippen molar-refractivity contribution in [2.45, 2.75) is 72.8 Å². The van der Waals surface area contributed by atoms with Gasteiger partial charge in [0, 0.05) is 54.2 Å². The van der Waals surface area contributed by atoms with Crippen LogP contribution in [0.1, 0.15) is 64.3 Å². The quantitative estimate of drug-likeness (QED) is 0.305. The molecule has 1 saturated heterocycles. The summed E-state index contributed by atoms with van der Waals surface area (Å²) in [5.74, 6) is -1.30. The maximum atomic E-state index is 15.4. The summed E-state index contributed by atoms with van der Waals surface area (Å²) in [5.41, 5.74) is 3.61.